The van der Waals surface area contributed by atoms with Crippen molar-refractivity contribution in [1.82, 2.24) is 14.9 Å². The Bertz CT molecular complexity index is 997. The van der Waals surface area contributed by atoms with Gasteiger partial charge in [-0.05, 0) is 56.9 Å². The van der Waals surface area contributed by atoms with E-state index in [1.807, 2.05) is 49.4 Å². The van der Waals surface area contributed by atoms with Crippen molar-refractivity contribution >= 4 is 28.5 Å². The number of fused-ring (bicyclic) bond motifs is 1. The van der Waals surface area contributed by atoms with Crippen LogP contribution in [0.2, 0.25) is 5.02 Å². The molecule has 1 aliphatic carbocycles. The van der Waals surface area contributed by atoms with E-state index in [0.29, 0.717) is 11.6 Å². The number of aromatic nitrogens is 2. The van der Waals surface area contributed by atoms with E-state index in [9.17, 15) is 4.79 Å². The molecule has 0 aliphatic heterocycles. The first-order chi connectivity index (χ1) is 14.1. The van der Waals surface area contributed by atoms with Crippen molar-refractivity contribution in [2.24, 2.45) is 5.92 Å². The summed E-state index contributed by atoms with van der Waals surface area (Å²) in [6.07, 6.45) is 3.85. The van der Waals surface area contributed by atoms with Crippen LogP contribution in [-0.2, 0) is 11.3 Å². The summed E-state index contributed by atoms with van der Waals surface area (Å²) >= 11 is 6.14. The van der Waals surface area contributed by atoms with E-state index < -0.39 is 0 Å². The molecule has 0 bridgehead atoms. The zero-order valence-corrected chi connectivity index (χ0v) is 17.4. The van der Waals surface area contributed by atoms with E-state index in [2.05, 4.69) is 16.0 Å². The van der Waals surface area contributed by atoms with Gasteiger partial charge in [-0.25, -0.2) is 4.98 Å². The molecule has 1 fully saturated rings. The van der Waals surface area contributed by atoms with Gasteiger partial charge in [0.05, 0.1) is 28.7 Å². The van der Waals surface area contributed by atoms with Crippen LogP contribution < -0.4 is 10.1 Å². The fraction of sp³-hybridized carbons (Fsp3) is 0.391. The third-order valence-electron chi connectivity index (χ3n) is 5.25. The number of imidazole rings is 1. The highest BCUT2D eigenvalue weighted by molar-refractivity contribution is 6.32. The SMILES string of the molecule is CC(NC(=O)C1CC1)c1nc2ccccc2n1CCCCOc1ccccc1Cl. The normalized spacial score (nSPS) is 14.7. The topological polar surface area (TPSA) is 56.2 Å². The minimum Gasteiger partial charge on any atom is -0.492 e. The minimum atomic E-state index is -0.116. The Hall–Kier alpha value is -2.53. The molecule has 1 amide bonds. The highest BCUT2D eigenvalue weighted by Gasteiger charge is 2.31. The quantitative estimate of drug-likeness (QED) is 0.496. The molecule has 1 heterocycles. The van der Waals surface area contributed by atoms with Crippen molar-refractivity contribution < 1.29 is 9.53 Å². The summed E-state index contributed by atoms with van der Waals surface area (Å²) < 4.78 is 8.02. The number of nitrogens with one attached hydrogen (secondary N) is 1. The van der Waals surface area contributed by atoms with Gasteiger partial charge in [-0.3, -0.25) is 4.79 Å². The first-order valence-electron chi connectivity index (χ1n) is 10.3. The molecule has 1 aromatic heterocycles. The van der Waals surface area contributed by atoms with Gasteiger partial charge in [-0.2, -0.15) is 0 Å². The average Bonchev–Trinajstić information content (AvgIpc) is 3.51. The number of para-hydroxylation sites is 3. The lowest BCUT2D eigenvalue weighted by Crippen LogP contribution is -2.29. The van der Waals surface area contributed by atoms with Crippen molar-refractivity contribution in [2.45, 2.75) is 45.2 Å². The monoisotopic (exact) mass is 411 g/mol. The van der Waals surface area contributed by atoms with Gasteiger partial charge in [0, 0.05) is 12.5 Å². The Kier molecular flexibility index (Phi) is 6.05. The Morgan fingerprint density at radius 3 is 2.76 bits per heavy atom. The van der Waals surface area contributed by atoms with Crippen LogP contribution >= 0.6 is 11.6 Å². The zero-order chi connectivity index (χ0) is 20.2. The maximum Gasteiger partial charge on any atom is 0.223 e. The van der Waals surface area contributed by atoms with Crippen molar-refractivity contribution in [3.63, 3.8) is 0 Å². The predicted octanol–water partition coefficient (Wildman–Crippen LogP) is 5.14. The molecule has 4 rings (SSSR count). The first-order valence-corrected chi connectivity index (χ1v) is 10.6. The third-order valence-corrected chi connectivity index (χ3v) is 5.56. The van der Waals surface area contributed by atoms with Crippen LogP contribution in [0.25, 0.3) is 11.0 Å². The Balaban J connectivity index is 1.40. The summed E-state index contributed by atoms with van der Waals surface area (Å²) in [7, 11) is 0. The second kappa shape index (κ2) is 8.87. The van der Waals surface area contributed by atoms with E-state index in [0.717, 1.165) is 54.8 Å². The molecule has 1 atom stereocenters. The number of hydrogen-bond acceptors (Lipinski definition) is 3. The average molecular weight is 412 g/mol. The van der Waals surface area contributed by atoms with E-state index in [4.69, 9.17) is 21.3 Å². The fourth-order valence-corrected chi connectivity index (χ4v) is 3.71. The molecule has 1 saturated carbocycles. The minimum absolute atomic E-state index is 0.116. The lowest BCUT2D eigenvalue weighted by atomic mass is 10.2. The molecular formula is C23H26ClN3O2. The molecule has 1 unspecified atom stereocenters. The zero-order valence-electron chi connectivity index (χ0n) is 16.6. The molecule has 0 saturated heterocycles. The number of hydrogen-bond donors (Lipinski definition) is 1. The third kappa shape index (κ3) is 4.73. The van der Waals surface area contributed by atoms with Crippen LogP contribution in [-0.4, -0.2) is 22.1 Å². The molecule has 1 N–H and O–H groups in total. The molecule has 0 radical (unpaired) electrons. The van der Waals surface area contributed by atoms with Crippen molar-refractivity contribution in [1.29, 1.82) is 0 Å². The molecule has 1 aliphatic rings. The number of aryl methyl sites for hydroxylation is 1. The van der Waals surface area contributed by atoms with Crippen molar-refractivity contribution in [2.75, 3.05) is 6.61 Å². The van der Waals surface area contributed by atoms with Crippen LogP contribution in [0.4, 0.5) is 0 Å². The Morgan fingerprint density at radius 1 is 1.21 bits per heavy atom. The molecule has 152 valence electrons. The maximum atomic E-state index is 12.2. The number of carbonyl (C=O) groups is 1. The lowest BCUT2D eigenvalue weighted by molar-refractivity contribution is -0.123. The summed E-state index contributed by atoms with van der Waals surface area (Å²) in [6.45, 7) is 3.45. The van der Waals surface area contributed by atoms with Crippen molar-refractivity contribution in [3.05, 3.63) is 59.4 Å². The molecular weight excluding hydrogens is 386 g/mol. The largest absolute Gasteiger partial charge is 0.492 e. The number of halogens is 1. The van der Waals surface area contributed by atoms with Gasteiger partial charge < -0.3 is 14.6 Å². The fourth-order valence-electron chi connectivity index (χ4n) is 3.52. The van der Waals surface area contributed by atoms with Gasteiger partial charge in [0.15, 0.2) is 0 Å². The summed E-state index contributed by atoms with van der Waals surface area (Å²) in [5, 5.41) is 3.76. The Morgan fingerprint density at radius 2 is 1.97 bits per heavy atom. The number of ether oxygens (including phenoxy) is 1. The highest BCUT2D eigenvalue weighted by Crippen LogP contribution is 2.30. The lowest BCUT2D eigenvalue weighted by Gasteiger charge is -2.16. The maximum absolute atomic E-state index is 12.2. The molecule has 2 aromatic carbocycles. The smallest absolute Gasteiger partial charge is 0.223 e. The number of amides is 1. The van der Waals surface area contributed by atoms with Gasteiger partial charge in [0.25, 0.3) is 0 Å². The molecule has 6 heteroatoms. The van der Waals surface area contributed by atoms with Crippen LogP contribution in [0.15, 0.2) is 48.5 Å². The van der Waals surface area contributed by atoms with E-state index in [1.165, 1.54) is 0 Å². The van der Waals surface area contributed by atoms with Crippen molar-refractivity contribution in [3.8, 4) is 5.75 Å². The van der Waals surface area contributed by atoms with E-state index >= 15 is 0 Å². The molecule has 0 spiro atoms. The van der Waals surface area contributed by atoms with Gasteiger partial charge in [0.1, 0.15) is 11.6 Å². The van der Waals surface area contributed by atoms with Crippen LogP contribution in [0.5, 0.6) is 5.75 Å². The number of rotatable bonds is 9. The molecule has 3 aromatic rings. The summed E-state index contributed by atoms with van der Waals surface area (Å²) in [4.78, 5) is 17.0. The van der Waals surface area contributed by atoms with Gasteiger partial charge in [0.2, 0.25) is 5.91 Å². The summed E-state index contributed by atoms with van der Waals surface area (Å²) in [6, 6.07) is 15.5. The second-order valence-corrected chi connectivity index (χ2v) is 8.01. The summed E-state index contributed by atoms with van der Waals surface area (Å²) in [5.41, 5.74) is 2.06. The standard InChI is InChI=1S/C23H26ClN3O2/c1-16(25-23(28)17-12-13-17)22-26-19-9-3-4-10-20(19)27(22)14-6-7-15-29-21-11-5-2-8-18(21)24/h2-5,8-11,16-17H,6-7,12-15H2,1H3,(H,25,28). The van der Waals surface area contributed by atoms with Crippen LogP contribution in [0.1, 0.15) is 44.5 Å². The number of nitrogens with zero attached hydrogens (tertiary/aromatic N) is 2. The number of carbonyl (C=O) groups excluding carboxylic acids is 1. The molecule has 5 nitrogen and oxygen atoms in total. The summed E-state index contributed by atoms with van der Waals surface area (Å²) in [5.74, 6) is 1.97. The predicted molar refractivity (Wildman–Crippen MR) is 115 cm³/mol. The molecule has 29 heavy (non-hydrogen) atoms. The Labute approximate surface area is 176 Å². The first kappa shape index (κ1) is 19.8. The highest BCUT2D eigenvalue weighted by atomic mass is 35.5. The number of unbranched alkanes of at least 4 members (excludes halogenated alkanes) is 1. The van der Waals surface area contributed by atoms with E-state index in [1.54, 1.807) is 0 Å². The second-order valence-electron chi connectivity index (χ2n) is 7.60. The van der Waals surface area contributed by atoms with Gasteiger partial charge >= 0.3 is 0 Å². The van der Waals surface area contributed by atoms with Crippen LogP contribution in [0.3, 0.4) is 0 Å². The van der Waals surface area contributed by atoms with Gasteiger partial charge in [-0.15, -0.1) is 0 Å². The van der Waals surface area contributed by atoms with Crippen LogP contribution in [0, 0.1) is 5.92 Å². The van der Waals surface area contributed by atoms with E-state index in [-0.39, 0.29) is 17.9 Å². The van der Waals surface area contributed by atoms with Gasteiger partial charge in [-0.1, -0.05) is 35.9 Å². The number of benzene rings is 2.